The number of hydrogen-bond acceptors (Lipinski definition) is 2. The van der Waals surface area contributed by atoms with Gasteiger partial charge in [0.1, 0.15) is 5.75 Å². The molecule has 3 heteroatoms. The summed E-state index contributed by atoms with van der Waals surface area (Å²) in [6.45, 7) is 3.99. The van der Waals surface area contributed by atoms with Gasteiger partial charge in [-0.15, -0.1) is 0 Å². The third kappa shape index (κ3) is 3.55. The molecule has 2 aromatic rings. The predicted molar refractivity (Wildman–Crippen MR) is 89.1 cm³/mol. The van der Waals surface area contributed by atoms with Crippen LogP contribution in [-0.2, 0) is 11.2 Å². The van der Waals surface area contributed by atoms with Gasteiger partial charge < -0.3 is 9.84 Å². The van der Waals surface area contributed by atoms with Gasteiger partial charge in [0.25, 0.3) is 0 Å². The lowest BCUT2D eigenvalue weighted by atomic mass is 10.00. The van der Waals surface area contributed by atoms with E-state index in [-0.39, 0.29) is 5.57 Å². The summed E-state index contributed by atoms with van der Waals surface area (Å²) in [6.07, 6.45) is 2.66. The first kappa shape index (κ1) is 15.8. The van der Waals surface area contributed by atoms with Crippen LogP contribution in [0.15, 0.2) is 42.5 Å². The van der Waals surface area contributed by atoms with Gasteiger partial charge in [0.05, 0.1) is 12.7 Å². The Morgan fingerprint density at radius 1 is 1.18 bits per heavy atom. The first-order valence-corrected chi connectivity index (χ1v) is 7.24. The van der Waals surface area contributed by atoms with Crippen molar-refractivity contribution in [2.24, 2.45) is 0 Å². The molecule has 0 radical (unpaired) electrons. The Bertz CT molecular complexity index is 697. The molecule has 0 amide bonds. The second-order valence-electron chi connectivity index (χ2n) is 5.14. The molecule has 114 valence electrons. The number of carbonyl (C=O) groups is 1. The molecule has 0 unspecified atom stereocenters. The molecular weight excluding hydrogens is 276 g/mol. The number of aryl methyl sites for hydroxylation is 2. The van der Waals surface area contributed by atoms with E-state index in [9.17, 15) is 9.90 Å². The molecule has 0 aromatic heterocycles. The molecule has 0 aliphatic heterocycles. The van der Waals surface area contributed by atoms with Crippen molar-refractivity contribution in [2.75, 3.05) is 7.11 Å². The maximum absolute atomic E-state index is 11.6. The van der Waals surface area contributed by atoms with Gasteiger partial charge in [0.15, 0.2) is 0 Å². The standard InChI is InChI=1S/C19H20O3/c1-4-14-5-7-15(8-6-14)12-17(19(20)21)16-9-10-18(22-3)13(2)11-16/h5-12H,4H2,1-3H3,(H,20,21)/b17-12-. The second kappa shape index (κ2) is 6.94. The zero-order valence-electron chi connectivity index (χ0n) is 13.1. The smallest absolute Gasteiger partial charge is 0.336 e. The van der Waals surface area contributed by atoms with Crippen LogP contribution in [0.3, 0.4) is 0 Å². The maximum Gasteiger partial charge on any atom is 0.336 e. The third-order valence-electron chi connectivity index (χ3n) is 3.64. The highest BCUT2D eigenvalue weighted by molar-refractivity contribution is 6.20. The molecule has 3 nitrogen and oxygen atoms in total. The van der Waals surface area contributed by atoms with Gasteiger partial charge in [-0.2, -0.15) is 0 Å². The first-order valence-electron chi connectivity index (χ1n) is 7.24. The zero-order valence-corrected chi connectivity index (χ0v) is 13.1. The Hall–Kier alpha value is -2.55. The number of ether oxygens (including phenoxy) is 1. The van der Waals surface area contributed by atoms with Gasteiger partial charge >= 0.3 is 5.97 Å². The van der Waals surface area contributed by atoms with E-state index in [1.54, 1.807) is 25.3 Å². The molecule has 0 saturated carbocycles. The first-order chi connectivity index (χ1) is 10.5. The molecule has 0 heterocycles. The number of benzene rings is 2. The average Bonchev–Trinajstić information content (AvgIpc) is 2.52. The Balaban J connectivity index is 2.42. The largest absolute Gasteiger partial charge is 0.496 e. The Kier molecular flexibility index (Phi) is 4.99. The lowest BCUT2D eigenvalue weighted by Gasteiger charge is -2.08. The van der Waals surface area contributed by atoms with Gasteiger partial charge in [0, 0.05) is 0 Å². The fourth-order valence-electron chi connectivity index (χ4n) is 2.33. The van der Waals surface area contributed by atoms with Gasteiger partial charge in [-0.1, -0.05) is 37.3 Å². The van der Waals surface area contributed by atoms with E-state index < -0.39 is 5.97 Å². The van der Waals surface area contributed by atoms with Crippen molar-refractivity contribution in [2.45, 2.75) is 20.3 Å². The van der Waals surface area contributed by atoms with Crippen LogP contribution < -0.4 is 4.74 Å². The summed E-state index contributed by atoms with van der Waals surface area (Å²) in [5.41, 5.74) is 3.96. The highest BCUT2D eigenvalue weighted by Gasteiger charge is 2.12. The summed E-state index contributed by atoms with van der Waals surface area (Å²) < 4.78 is 5.22. The highest BCUT2D eigenvalue weighted by Crippen LogP contribution is 2.25. The van der Waals surface area contributed by atoms with Crippen LogP contribution in [0, 0.1) is 6.92 Å². The van der Waals surface area contributed by atoms with Gasteiger partial charge in [-0.05, 0) is 53.8 Å². The molecular formula is C19H20O3. The molecule has 0 bridgehead atoms. The summed E-state index contributed by atoms with van der Waals surface area (Å²) >= 11 is 0. The maximum atomic E-state index is 11.6. The van der Waals surface area contributed by atoms with E-state index in [2.05, 4.69) is 6.92 Å². The summed E-state index contributed by atoms with van der Waals surface area (Å²) in [4.78, 5) is 11.6. The van der Waals surface area contributed by atoms with Crippen LogP contribution >= 0.6 is 0 Å². The van der Waals surface area contributed by atoms with Crippen molar-refractivity contribution in [3.05, 3.63) is 64.7 Å². The van der Waals surface area contributed by atoms with Crippen LogP contribution in [0.5, 0.6) is 5.75 Å². The minimum absolute atomic E-state index is 0.273. The Labute approximate surface area is 130 Å². The van der Waals surface area contributed by atoms with E-state index in [4.69, 9.17) is 4.74 Å². The summed E-state index contributed by atoms with van der Waals surface area (Å²) in [5, 5.41) is 9.51. The number of rotatable bonds is 5. The zero-order chi connectivity index (χ0) is 16.1. The fraction of sp³-hybridized carbons (Fsp3) is 0.211. The molecule has 0 aliphatic carbocycles. The minimum atomic E-state index is -0.941. The van der Waals surface area contributed by atoms with Gasteiger partial charge in [-0.25, -0.2) is 4.79 Å². The van der Waals surface area contributed by atoms with E-state index in [1.807, 2.05) is 37.3 Å². The van der Waals surface area contributed by atoms with E-state index in [1.165, 1.54) is 5.56 Å². The predicted octanol–water partition coefficient (Wildman–Crippen LogP) is 4.19. The average molecular weight is 296 g/mol. The van der Waals surface area contributed by atoms with Crippen molar-refractivity contribution in [1.29, 1.82) is 0 Å². The van der Waals surface area contributed by atoms with Crippen LogP contribution in [0.4, 0.5) is 0 Å². The number of aliphatic carboxylic acids is 1. The van der Waals surface area contributed by atoms with E-state index in [0.29, 0.717) is 5.56 Å². The number of methoxy groups -OCH3 is 1. The van der Waals surface area contributed by atoms with Crippen molar-refractivity contribution in [3.8, 4) is 5.75 Å². The van der Waals surface area contributed by atoms with Gasteiger partial charge in [0.2, 0.25) is 0 Å². The molecule has 1 N–H and O–H groups in total. The highest BCUT2D eigenvalue weighted by atomic mass is 16.5. The molecule has 0 atom stereocenters. The lowest BCUT2D eigenvalue weighted by molar-refractivity contribution is -0.130. The molecule has 2 aromatic carbocycles. The van der Waals surface area contributed by atoms with Crippen LogP contribution in [-0.4, -0.2) is 18.2 Å². The topological polar surface area (TPSA) is 46.5 Å². The molecule has 0 saturated heterocycles. The number of carboxylic acid groups (broad SMARTS) is 1. The number of carboxylic acids is 1. The minimum Gasteiger partial charge on any atom is -0.496 e. The Morgan fingerprint density at radius 3 is 2.36 bits per heavy atom. The van der Waals surface area contributed by atoms with Crippen LogP contribution in [0.2, 0.25) is 0 Å². The van der Waals surface area contributed by atoms with E-state index in [0.717, 1.165) is 23.3 Å². The lowest BCUT2D eigenvalue weighted by Crippen LogP contribution is -2.00. The summed E-state index contributed by atoms with van der Waals surface area (Å²) in [6, 6.07) is 13.3. The molecule has 22 heavy (non-hydrogen) atoms. The monoisotopic (exact) mass is 296 g/mol. The SMILES string of the molecule is CCc1ccc(/C=C(\C(=O)O)c2ccc(OC)c(C)c2)cc1. The molecule has 2 rings (SSSR count). The van der Waals surface area contributed by atoms with Crippen LogP contribution in [0.1, 0.15) is 29.2 Å². The van der Waals surface area contributed by atoms with Crippen molar-refractivity contribution in [1.82, 2.24) is 0 Å². The van der Waals surface area contributed by atoms with E-state index >= 15 is 0 Å². The summed E-state index contributed by atoms with van der Waals surface area (Å²) in [5.74, 6) is -0.190. The second-order valence-corrected chi connectivity index (χ2v) is 5.14. The van der Waals surface area contributed by atoms with Gasteiger partial charge in [-0.3, -0.25) is 0 Å². The van der Waals surface area contributed by atoms with Crippen molar-refractivity contribution < 1.29 is 14.6 Å². The Morgan fingerprint density at radius 2 is 1.86 bits per heavy atom. The molecule has 0 spiro atoms. The third-order valence-corrected chi connectivity index (χ3v) is 3.64. The fourth-order valence-corrected chi connectivity index (χ4v) is 2.33. The van der Waals surface area contributed by atoms with Crippen molar-refractivity contribution in [3.63, 3.8) is 0 Å². The van der Waals surface area contributed by atoms with Crippen molar-refractivity contribution >= 4 is 17.6 Å². The number of hydrogen-bond donors (Lipinski definition) is 1. The normalized spacial score (nSPS) is 11.3. The quantitative estimate of drug-likeness (QED) is 0.664. The molecule has 0 fully saturated rings. The molecule has 0 aliphatic rings. The summed E-state index contributed by atoms with van der Waals surface area (Å²) in [7, 11) is 1.60. The van der Waals surface area contributed by atoms with Crippen LogP contribution in [0.25, 0.3) is 11.6 Å².